The fourth-order valence-corrected chi connectivity index (χ4v) is 2.49. The van der Waals surface area contributed by atoms with Crippen molar-refractivity contribution >= 4 is 39.5 Å². The summed E-state index contributed by atoms with van der Waals surface area (Å²) < 4.78 is 12.3. The summed E-state index contributed by atoms with van der Waals surface area (Å²) in [5.74, 6) is 1.36. The molecule has 5 nitrogen and oxygen atoms in total. The lowest BCUT2D eigenvalue weighted by molar-refractivity contribution is -0.500. The van der Waals surface area contributed by atoms with Crippen LogP contribution in [-0.4, -0.2) is 25.0 Å². The predicted octanol–water partition coefficient (Wildman–Crippen LogP) is 1.94. The summed E-state index contributed by atoms with van der Waals surface area (Å²) in [7, 11) is 1.62. The van der Waals surface area contributed by atoms with Gasteiger partial charge in [0.2, 0.25) is 5.11 Å². The number of hydrogen-bond acceptors (Lipinski definition) is 3. The van der Waals surface area contributed by atoms with Crippen LogP contribution < -0.4 is 25.3 Å². The molecule has 132 valence electrons. The van der Waals surface area contributed by atoms with Gasteiger partial charge in [-0.25, -0.2) is 0 Å². The van der Waals surface area contributed by atoms with Gasteiger partial charge >= 0.3 is 0 Å². The number of benzene rings is 2. The predicted molar refractivity (Wildman–Crippen MR) is 107 cm³/mol. The quantitative estimate of drug-likeness (QED) is 0.361. The van der Waals surface area contributed by atoms with Gasteiger partial charge in [0.05, 0.1) is 7.11 Å². The third-order valence-corrected chi connectivity index (χ3v) is 4.03. The summed E-state index contributed by atoms with van der Waals surface area (Å²) in [6, 6.07) is 13.7. The van der Waals surface area contributed by atoms with E-state index in [9.17, 15) is 0 Å². The van der Waals surface area contributed by atoms with Crippen LogP contribution >= 0.6 is 28.1 Å². The lowest BCUT2D eigenvalue weighted by Gasteiger charge is -2.11. The van der Waals surface area contributed by atoms with Gasteiger partial charge in [-0.05, 0) is 55.0 Å². The molecule has 0 amide bonds. The van der Waals surface area contributed by atoms with Gasteiger partial charge in [-0.1, -0.05) is 28.1 Å². The maximum atomic E-state index is 5.86. The van der Waals surface area contributed by atoms with Gasteiger partial charge in [0, 0.05) is 16.6 Å². The van der Waals surface area contributed by atoms with Gasteiger partial charge in [0.1, 0.15) is 6.61 Å². The first-order valence-corrected chi connectivity index (χ1v) is 9.00. The van der Waals surface area contributed by atoms with Crippen molar-refractivity contribution in [1.82, 2.24) is 10.7 Å². The smallest absolute Gasteiger partial charge is 0.223 e. The standard InChI is InChI=1S/C18H20BrN3O2S/c1-3-20-18(25)22-21-11-14-6-9-16(17(10-14)23-2)24-12-13-4-7-15(19)8-5-13/h4-11H,3,12H2,1-2H3,(H2,20,22,25)/p+1. The molecule has 0 saturated heterocycles. The lowest BCUT2D eigenvalue weighted by atomic mass is 10.2. The van der Waals surface area contributed by atoms with E-state index in [0.29, 0.717) is 23.2 Å². The van der Waals surface area contributed by atoms with Crippen LogP contribution in [0.3, 0.4) is 0 Å². The number of rotatable bonds is 7. The van der Waals surface area contributed by atoms with Crippen LogP contribution in [0.4, 0.5) is 0 Å². The molecule has 2 aromatic carbocycles. The molecule has 0 spiro atoms. The van der Waals surface area contributed by atoms with Crippen molar-refractivity contribution in [2.24, 2.45) is 0 Å². The van der Waals surface area contributed by atoms with Crippen LogP contribution in [0.2, 0.25) is 0 Å². The molecular weight excluding hydrogens is 402 g/mol. The Morgan fingerprint density at radius 3 is 2.64 bits per heavy atom. The number of hydrogen-bond donors (Lipinski definition) is 3. The zero-order valence-corrected chi connectivity index (χ0v) is 16.5. The Kier molecular flexibility index (Phi) is 7.69. The summed E-state index contributed by atoms with van der Waals surface area (Å²) in [6.45, 7) is 3.23. The molecule has 0 aliphatic rings. The summed E-state index contributed by atoms with van der Waals surface area (Å²) in [6.07, 6.45) is 1.80. The molecule has 0 radical (unpaired) electrons. The fraction of sp³-hybridized carbons (Fsp3) is 0.222. The van der Waals surface area contributed by atoms with E-state index < -0.39 is 0 Å². The van der Waals surface area contributed by atoms with E-state index in [1.807, 2.05) is 49.4 Å². The maximum Gasteiger partial charge on any atom is 0.223 e. The van der Waals surface area contributed by atoms with E-state index in [-0.39, 0.29) is 0 Å². The van der Waals surface area contributed by atoms with E-state index >= 15 is 0 Å². The van der Waals surface area contributed by atoms with Crippen molar-refractivity contribution in [1.29, 1.82) is 0 Å². The fourth-order valence-electron chi connectivity index (χ4n) is 2.02. The van der Waals surface area contributed by atoms with Crippen molar-refractivity contribution in [2.45, 2.75) is 13.5 Å². The first kappa shape index (κ1) is 19.2. The second-order valence-corrected chi connectivity index (χ2v) is 6.42. The summed E-state index contributed by atoms with van der Waals surface area (Å²) in [5, 5.41) is 6.47. The van der Waals surface area contributed by atoms with Crippen molar-refractivity contribution < 1.29 is 14.6 Å². The first-order chi connectivity index (χ1) is 12.1. The molecule has 0 bridgehead atoms. The molecule has 2 aromatic rings. The van der Waals surface area contributed by atoms with Crippen LogP contribution in [0.15, 0.2) is 46.9 Å². The molecule has 0 saturated carbocycles. The highest BCUT2D eigenvalue weighted by atomic mass is 79.9. The monoisotopic (exact) mass is 422 g/mol. The Morgan fingerprint density at radius 2 is 1.96 bits per heavy atom. The number of hydrazone groups is 1. The van der Waals surface area contributed by atoms with Gasteiger partial charge in [-0.15, -0.1) is 10.5 Å². The maximum absolute atomic E-state index is 5.86. The molecule has 0 aromatic heterocycles. The molecule has 0 heterocycles. The molecule has 7 heteroatoms. The van der Waals surface area contributed by atoms with Gasteiger partial charge in [0.25, 0.3) is 0 Å². The Bertz CT molecular complexity index is 736. The van der Waals surface area contributed by atoms with E-state index in [1.165, 1.54) is 0 Å². The Labute approximate surface area is 161 Å². The minimum Gasteiger partial charge on any atom is -0.493 e. The van der Waals surface area contributed by atoms with Crippen molar-refractivity contribution in [3.8, 4) is 11.5 Å². The number of methoxy groups -OCH3 is 1. The molecule has 2 rings (SSSR count). The van der Waals surface area contributed by atoms with Crippen LogP contribution in [-0.2, 0) is 6.61 Å². The summed E-state index contributed by atoms with van der Waals surface area (Å²) >= 11 is 8.50. The first-order valence-electron chi connectivity index (χ1n) is 7.80. The van der Waals surface area contributed by atoms with E-state index in [4.69, 9.17) is 21.7 Å². The second-order valence-electron chi connectivity index (χ2n) is 5.10. The normalized spacial score (nSPS) is 10.5. The molecule has 0 atom stereocenters. The van der Waals surface area contributed by atoms with Gasteiger partial charge in [0.15, 0.2) is 17.7 Å². The lowest BCUT2D eigenvalue weighted by Crippen LogP contribution is -2.82. The Balaban J connectivity index is 1.99. The van der Waals surface area contributed by atoms with E-state index in [1.54, 1.807) is 13.3 Å². The van der Waals surface area contributed by atoms with Crippen LogP contribution in [0.25, 0.3) is 0 Å². The molecule has 3 N–H and O–H groups in total. The topological polar surface area (TPSA) is 56.5 Å². The van der Waals surface area contributed by atoms with Crippen LogP contribution in [0.1, 0.15) is 18.1 Å². The van der Waals surface area contributed by atoms with Gasteiger partial charge in [-0.2, -0.15) is 0 Å². The highest BCUT2D eigenvalue weighted by molar-refractivity contribution is 9.10. The number of ether oxygens (including phenoxy) is 2. The molecular formula is C18H21BrN3O2S+. The molecule has 0 aliphatic carbocycles. The van der Waals surface area contributed by atoms with E-state index in [0.717, 1.165) is 22.1 Å². The zero-order valence-electron chi connectivity index (χ0n) is 14.1. The summed E-state index contributed by atoms with van der Waals surface area (Å²) in [4.78, 5) is 0. The average molecular weight is 423 g/mol. The second kappa shape index (κ2) is 10.0. The number of halogens is 1. The van der Waals surface area contributed by atoms with Crippen LogP contribution in [0.5, 0.6) is 11.5 Å². The third-order valence-electron chi connectivity index (χ3n) is 3.26. The van der Waals surface area contributed by atoms with Crippen LogP contribution in [0, 0.1) is 0 Å². The van der Waals surface area contributed by atoms with Crippen molar-refractivity contribution in [3.63, 3.8) is 0 Å². The van der Waals surface area contributed by atoms with Crippen molar-refractivity contribution in [2.75, 3.05) is 13.7 Å². The number of nitrogens with one attached hydrogen (secondary N) is 3. The van der Waals surface area contributed by atoms with E-state index in [2.05, 4.69) is 31.8 Å². The van der Waals surface area contributed by atoms with Gasteiger partial charge in [-0.3, -0.25) is 0 Å². The number of hydrazine groups is 1. The minimum atomic E-state index is 0.476. The summed E-state index contributed by atoms with van der Waals surface area (Å²) in [5.41, 5.74) is 4.89. The highest BCUT2D eigenvalue weighted by Crippen LogP contribution is 2.28. The molecule has 25 heavy (non-hydrogen) atoms. The third kappa shape index (κ3) is 6.36. The largest absolute Gasteiger partial charge is 0.493 e. The molecule has 0 unspecified atom stereocenters. The number of thiocarbonyl (C=S) groups is 1. The SMILES string of the molecule is CCNC(=S)N[NH+]=Cc1ccc(OCc2ccc(Br)cc2)c(OC)c1. The zero-order chi connectivity index (χ0) is 18.1. The average Bonchev–Trinajstić information content (AvgIpc) is 2.62. The highest BCUT2D eigenvalue weighted by Gasteiger charge is 2.07. The molecule has 0 aliphatic heterocycles. The Morgan fingerprint density at radius 1 is 1.20 bits per heavy atom. The van der Waals surface area contributed by atoms with Crippen molar-refractivity contribution in [3.05, 3.63) is 58.1 Å². The molecule has 0 fully saturated rings. The minimum absolute atomic E-state index is 0.476. The Hall–Kier alpha value is -2.12. The van der Waals surface area contributed by atoms with Gasteiger partial charge < -0.3 is 14.8 Å².